The van der Waals surface area contributed by atoms with Crippen molar-refractivity contribution < 1.29 is 13.6 Å². The zero-order valence-electron chi connectivity index (χ0n) is 17.6. The lowest BCUT2D eigenvalue weighted by atomic mass is 9.98. The highest BCUT2D eigenvalue weighted by molar-refractivity contribution is 9.10. The summed E-state index contributed by atoms with van der Waals surface area (Å²) in [7, 11) is 0. The first kappa shape index (κ1) is 23.1. The number of nitrogens with zero attached hydrogens (tertiary/aromatic N) is 3. The topological polar surface area (TPSA) is 57.1 Å². The normalized spacial score (nSPS) is 17.9. The first-order valence-corrected chi connectivity index (χ1v) is 12.2. The third kappa shape index (κ3) is 5.27. The van der Waals surface area contributed by atoms with Crippen LogP contribution in [0.15, 0.2) is 56.9 Å². The summed E-state index contributed by atoms with van der Waals surface area (Å²) >= 11 is 4.72. The van der Waals surface area contributed by atoms with Crippen LogP contribution >= 0.6 is 27.7 Å². The smallest absolute Gasteiger partial charge is 0.234 e. The van der Waals surface area contributed by atoms with E-state index in [2.05, 4.69) is 33.1 Å². The van der Waals surface area contributed by atoms with Gasteiger partial charge in [0, 0.05) is 42.0 Å². The van der Waals surface area contributed by atoms with Crippen LogP contribution in [-0.4, -0.2) is 52.6 Å². The van der Waals surface area contributed by atoms with Crippen molar-refractivity contribution in [2.45, 2.75) is 25.4 Å². The Hall–Kier alpha value is -2.10. The molecule has 1 saturated heterocycles. The Bertz CT molecular complexity index is 1070. The maximum absolute atomic E-state index is 13.8. The van der Waals surface area contributed by atoms with Crippen LogP contribution in [0.3, 0.4) is 0 Å². The van der Waals surface area contributed by atoms with Gasteiger partial charge < -0.3 is 10.2 Å². The molecule has 0 atom stereocenters. The average molecular weight is 521 g/mol. The molecule has 0 bridgehead atoms. The van der Waals surface area contributed by atoms with E-state index < -0.39 is 23.2 Å². The second-order valence-corrected chi connectivity index (χ2v) is 9.64. The van der Waals surface area contributed by atoms with E-state index in [0.717, 1.165) is 66.4 Å². The number of benzene rings is 2. The largest absolute Gasteiger partial charge is 0.323 e. The van der Waals surface area contributed by atoms with Crippen LogP contribution in [0.5, 0.6) is 0 Å². The summed E-state index contributed by atoms with van der Waals surface area (Å²) < 4.78 is 28.2. The minimum absolute atomic E-state index is 0.0154. The number of amides is 1. The van der Waals surface area contributed by atoms with Gasteiger partial charge in [-0.3, -0.25) is 9.79 Å². The zero-order chi connectivity index (χ0) is 22.7. The van der Waals surface area contributed by atoms with E-state index >= 15 is 0 Å². The molecular weight excluding hydrogens is 498 g/mol. The fourth-order valence-corrected chi connectivity index (χ4v) is 4.92. The number of nitrogens with one attached hydrogen (secondary N) is 1. The molecule has 0 unspecified atom stereocenters. The van der Waals surface area contributed by atoms with Crippen LogP contribution < -0.4 is 5.32 Å². The van der Waals surface area contributed by atoms with Gasteiger partial charge in [0.25, 0.3) is 0 Å². The second kappa shape index (κ2) is 9.80. The van der Waals surface area contributed by atoms with Gasteiger partial charge in [0.1, 0.15) is 16.7 Å². The maximum atomic E-state index is 13.8. The van der Waals surface area contributed by atoms with Crippen molar-refractivity contribution in [3.05, 3.63) is 64.1 Å². The monoisotopic (exact) mass is 520 g/mol. The van der Waals surface area contributed by atoms with Crippen molar-refractivity contribution in [1.29, 1.82) is 0 Å². The predicted molar refractivity (Wildman–Crippen MR) is 130 cm³/mol. The lowest BCUT2D eigenvalue weighted by Gasteiger charge is -2.34. The Morgan fingerprint density at radius 1 is 1.16 bits per heavy atom. The van der Waals surface area contributed by atoms with Gasteiger partial charge in [0.15, 0.2) is 5.66 Å². The molecule has 9 heteroatoms. The minimum atomic E-state index is -0.679. The molecule has 0 saturated carbocycles. The maximum Gasteiger partial charge on any atom is 0.234 e. The molecule has 0 radical (unpaired) electrons. The molecule has 4 rings (SSSR count). The number of halogens is 3. The van der Waals surface area contributed by atoms with Crippen molar-refractivity contribution >= 4 is 50.0 Å². The van der Waals surface area contributed by atoms with Gasteiger partial charge >= 0.3 is 0 Å². The van der Waals surface area contributed by atoms with Gasteiger partial charge in [0.2, 0.25) is 5.91 Å². The highest BCUT2D eigenvalue weighted by atomic mass is 79.9. The van der Waals surface area contributed by atoms with Crippen LogP contribution in [0.2, 0.25) is 0 Å². The van der Waals surface area contributed by atoms with E-state index in [-0.39, 0.29) is 11.4 Å². The predicted octanol–water partition coefficient (Wildman–Crippen LogP) is 5.11. The Kier molecular flexibility index (Phi) is 7.07. The Morgan fingerprint density at radius 2 is 1.88 bits per heavy atom. The SMILES string of the molecule is CCN1CCC2(CC1)N=C(SCC(=O)Nc1cc(F)ccc1F)C(c1ccc(Br)cc1)=N2. The molecule has 2 aliphatic rings. The molecule has 32 heavy (non-hydrogen) atoms. The molecule has 2 aromatic carbocycles. The van der Waals surface area contributed by atoms with Gasteiger partial charge in [-0.05, 0) is 30.8 Å². The quantitative estimate of drug-likeness (QED) is 0.595. The van der Waals surface area contributed by atoms with E-state index in [9.17, 15) is 13.6 Å². The van der Waals surface area contributed by atoms with Gasteiger partial charge in [-0.2, -0.15) is 0 Å². The summed E-state index contributed by atoms with van der Waals surface area (Å²) in [6.07, 6.45) is 1.65. The summed E-state index contributed by atoms with van der Waals surface area (Å²) in [6.45, 7) is 5.00. The van der Waals surface area contributed by atoms with E-state index in [4.69, 9.17) is 9.98 Å². The van der Waals surface area contributed by atoms with Gasteiger partial charge in [-0.15, -0.1) is 0 Å². The lowest BCUT2D eigenvalue weighted by Crippen LogP contribution is -2.41. The number of carbonyl (C=O) groups excluding carboxylic acids is 1. The number of hydrogen-bond donors (Lipinski definition) is 1. The molecule has 2 aromatic rings. The van der Waals surface area contributed by atoms with Crippen LogP contribution in [0.25, 0.3) is 0 Å². The van der Waals surface area contributed by atoms with Gasteiger partial charge in [-0.1, -0.05) is 46.7 Å². The summed E-state index contributed by atoms with van der Waals surface area (Å²) in [4.78, 5) is 24.8. The first-order chi connectivity index (χ1) is 15.4. The third-order valence-corrected chi connectivity index (χ3v) is 7.09. The van der Waals surface area contributed by atoms with Crippen LogP contribution in [0.1, 0.15) is 25.3 Å². The zero-order valence-corrected chi connectivity index (χ0v) is 20.0. The number of carbonyl (C=O) groups is 1. The number of aliphatic imine (C=N–C) groups is 2. The highest BCUT2D eigenvalue weighted by Gasteiger charge is 2.39. The summed E-state index contributed by atoms with van der Waals surface area (Å²) in [5.74, 6) is -1.71. The Labute approximate surface area is 198 Å². The summed E-state index contributed by atoms with van der Waals surface area (Å²) in [6, 6.07) is 10.8. The molecule has 5 nitrogen and oxygen atoms in total. The molecule has 1 spiro atoms. The highest BCUT2D eigenvalue weighted by Crippen LogP contribution is 2.35. The number of rotatable bonds is 5. The summed E-state index contributed by atoms with van der Waals surface area (Å²) in [5.41, 5.74) is 1.04. The number of likely N-dealkylation sites (tertiary alicyclic amines) is 1. The standard InChI is InChI=1S/C23H23BrF2N4OS/c1-2-30-11-9-23(10-12-30)28-21(15-3-5-16(24)6-4-15)22(29-23)32-14-20(31)27-19-13-17(25)7-8-18(19)26/h3-8,13H,2,9-12,14H2,1H3,(H,27,31). The molecule has 1 fully saturated rings. The van der Waals surface area contributed by atoms with E-state index in [1.54, 1.807) is 0 Å². The molecule has 0 aliphatic carbocycles. The van der Waals surface area contributed by atoms with Crippen LogP contribution in [0, 0.1) is 11.6 Å². The van der Waals surface area contributed by atoms with Crippen molar-refractivity contribution in [2.24, 2.45) is 9.98 Å². The molecule has 168 valence electrons. The minimum Gasteiger partial charge on any atom is -0.323 e. The molecular formula is C23H23BrF2N4OS. The Balaban J connectivity index is 1.51. The Morgan fingerprint density at radius 3 is 2.56 bits per heavy atom. The number of piperidine rings is 1. The lowest BCUT2D eigenvalue weighted by molar-refractivity contribution is -0.113. The van der Waals surface area contributed by atoms with Crippen molar-refractivity contribution in [3.63, 3.8) is 0 Å². The first-order valence-electron chi connectivity index (χ1n) is 10.4. The van der Waals surface area contributed by atoms with E-state index in [1.165, 1.54) is 11.8 Å². The van der Waals surface area contributed by atoms with Crippen LogP contribution in [-0.2, 0) is 4.79 Å². The van der Waals surface area contributed by atoms with Crippen molar-refractivity contribution in [3.8, 4) is 0 Å². The van der Waals surface area contributed by atoms with E-state index in [1.807, 2.05) is 24.3 Å². The van der Waals surface area contributed by atoms with Crippen molar-refractivity contribution in [1.82, 2.24) is 4.90 Å². The van der Waals surface area contributed by atoms with Gasteiger partial charge in [-0.25, -0.2) is 13.8 Å². The van der Waals surface area contributed by atoms with E-state index in [0.29, 0.717) is 5.04 Å². The fourth-order valence-electron chi connectivity index (χ4n) is 3.78. The molecule has 2 heterocycles. The van der Waals surface area contributed by atoms with Crippen LogP contribution in [0.4, 0.5) is 14.5 Å². The average Bonchev–Trinajstić information content (AvgIpc) is 3.14. The number of anilines is 1. The third-order valence-electron chi connectivity index (χ3n) is 5.60. The molecule has 1 amide bonds. The molecule has 0 aromatic heterocycles. The molecule has 1 N–H and O–H groups in total. The number of thioether (sulfide) groups is 1. The van der Waals surface area contributed by atoms with Gasteiger partial charge in [0.05, 0.1) is 17.2 Å². The number of hydrogen-bond acceptors (Lipinski definition) is 5. The fraction of sp³-hybridized carbons (Fsp3) is 0.348. The summed E-state index contributed by atoms with van der Waals surface area (Å²) in [5, 5.41) is 3.14. The van der Waals surface area contributed by atoms with Crippen molar-refractivity contribution in [2.75, 3.05) is 30.7 Å². The molecule has 2 aliphatic heterocycles. The second-order valence-electron chi connectivity index (χ2n) is 7.76.